The molecule has 1 aliphatic heterocycles. The van der Waals surface area contributed by atoms with Crippen molar-refractivity contribution in [2.45, 2.75) is 31.3 Å². The quantitative estimate of drug-likeness (QED) is 0.730. The van der Waals surface area contributed by atoms with Gasteiger partial charge in [-0.15, -0.1) is 5.10 Å². The number of piperidine rings is 1. The molecule has 0 spiro atoms. The van der Waals surface area contributed by atoms with Crippen molar-refractivity contribution in [3.8, 4) is 0 Å². The Balaban J connectivity index is 1.36. The second kappa shape index (κ2) is 6.60. The zero-order valence-corrected chi connectivity index (χ0v) is 15.6. The number of hydrogen-bond acceptors (Lipinski definition) is 5. The van der Waals surface area contributed by atoms with E-state index in [0.29, 0.717) is 37.5 Å². The van der Waals surface area contributed by atoms with Gasteiger partial charge in [0.15, 0.2) is 5.65 Å². The third-order valence-corrected chi connectivity index (χ3v) is 5.75. The number of carbonyl (C=O) groups is 1. The molecule has 1 saturated heterocycles. The molecular formula is C21H23N5O2. The van der Waals surface area contributed by atoms with E-state index in [1.807, 2.05) is 48.5 Å². The molecule has 2 aliphatic rings. The molecule has 7 heteroatoms. The molecule has 0 radical (unpaired) electrons. The number of carbonyl (C=O) groups excluding carboxylic acids is 1. The highest BCUT2D eigenvalue weighted by Gasteiger charge is 2.34. The Morgan fingerprint density at radius 1 is 1.07 bits per heavy atom. The van der Waals surface area contributed by atoms with E-state index in [-0.39, 0.29) is 11.8 Å². The molecule has 2 N–H and O–H groups in total. The highest BCUT2D eigenvalue weighted by Crippen LogP contribution is 2.34. The molecule has 3 aromatic rings. The van der Waals surface area contributed by atoms with Crippen LogP contribution in [0.15, 0.2) is 48.5 Å². The number of aliphatic hydroxyl groups is 1. The van der Waals surface area contributed by atoms with E-state index in [9.17, 15) is 9.90 Å². The van der Waals surface area contributed by atoms with E-state index in [4.69, 9.17) is 0 Å². The molecule has 7 nitrogen and oxygen atoms in total. The van der Waals surface area contributed by atoms with Crippen LogP contribution in [0.4, 0.5) is 11.8 Å². The Labute approximate surface area is 163 Å². The number of pyridine rings is 1. The number of nitrogens with one attached hydrogen (secondary N) is 1. The molecule has 5 rings (SSSR count). The lowest BCUT2D eigenvalue weighted by Crippen LogP contribution is -2.43. The van der Waals surface area contributed by atoms with Gasteiger partial charge in [-0.3, -0.25) is 10.1 Å². The van der Waals surface area contributed by atoms with Gasteiger partial charge in [0, 0.05) is 19.0 Å². The first kappa shape index (κ1) is 17.2. The van der Waals surface area contributed by atoms with E-state index in [2.05, 4.69) is 20.3 Å². The monoisotopic (exact) mass is 377 g/mol. The minimum absolute atomic E-state index is 0.00311. The molecule has 1 amide bonds. The Hall–Kier alpha value is -2.93. The van der Waals surface area contributed by atoms with E-state index >= 15 is 0 Å². The van der Waals surface area contributed by atoms with Crippen LogP contribution in [0.5, 0.6) is 0 Å². The van der Waals surface area contributed by atoms with E-state index in [1.165, 1.54) is 0 Å². The molecule has 2 fully saturated rings. The van der Waals surface area contributed by atoms with Gasteiger partial charge in [0.1, 0.15) is 5.82 Å². The lowest BCUT2D eigenvalue weighted by Gasteiger charge is -2.39. The smallest absolute Gasteiger partial charge is 0.249 e. The van der Waals surface area contributed by atoms with Gasteiger partial charge in [-0.1, -0.05) is 36.4 Å². The van der Waals surface area contributed by atoms with Gasteiger partial charge in [0.25, 0.3) is 0 Å². The zero-order valence-electron chi connectivity index (χ0n) is 15.6. The Morgan fingerprint density at radius 2 is 1.82 bits per heavy atom. The predicted octanol–water partition coefficient (Wildman–Crippen LogP) is 2.57. The maximum atomic E-state index is 12.0. The Morgan fingerprint density at radius 3 is 2.54 bits per heavy atom. The molecular weight excluding hydrogens is 354 g/mol. The molecule has 2 aromatic heterocycles. The van der Waals surface area contributed by atoms with Crippen molar-refractivity contribution in [3.05, 3.63) is 54.1 Å². The second-order valence-electron chi connectivity index (χ2n) is 7.74. The average Bonchev–Trinajstić information content (AvgIpc) is 3.49. The number of fused-ring (bicyclic) bond motifs is 1. The first-order valence-electron chi connectivity index (χ1n) is 9.82. The summed E-state index contributed by atoms with van der Waals surface area (Å²) in [5, 5.41) is 18.4. The van der Waals surface area contributed by atoms with Crippen LogP contribution in [0.2, 0.25) is 0 Å². The summed E-state index contributed by atoms with van der Waals surface area (Å²) < 4.78 is 1.77. The summed E-state index contributed by atoms with van der Waals surface area (Å²) in [6, 6.07) is 15.7. The van der Waals surface area contributed by atoms with Crippen LogP contribution in [0, 0.1) is 5.92 Å². The minimum atomic E-state index is -0.794. The zero-order chi connectivity index (χ0) is 19.1. The van der Waals surface area contributed by atoms with Gasteiger partial charge in [-0.2, -0.15) is 9.50 Å². The molecule has 0 unspecified atom stereocenters. The van der Waals surface area contributed by atoms with Gasteiger partial charge >= 0.3 is 0 Å². The number of nitrogens with zero attached hydrogens (tertiary/aromatic N) is 4. The van der Waals surface area contributed by atoms with Crippen LogP contribution < -0.4 is 10.2 Å². The van der Waals surface area contributed by atoms with Gasteiger partial charge in [-0.25, -0.2) is 0 Å². The Kier molecular flexibility index (Phi) is 4.05. The van der Waals surface area contributed by atoms with Gasteiger partial charge in [0.05, 0.1) is 5.60 Å². The normalized spacial score (nSPS) is 19.0. The molecule has 1 aromatic carbocycles. The summed E-state index contributed by atoms with van der Waals surface area (Å²) in [7, 11) is 0. The van der Waals surface area contributed by atoms with Crippen molar-refractivity contribution >= 4 is 23.3 Å². The number of hydrogen-bond donors (Lipinski definition) is 2. The number of rotatable bonds is 4. The summed E-state index contributed by atoms with van der Waals surface area (Å²) in [5.74, 6) is 1.39. The first-order chi connectivity index (χ1) is 13.6. The van der Waals surface area contributed by atoms with Crippen LogP contribution in [-0.4, -0.2) is 38.7 Å². The van der Waals surface area contributed by atoms with Crippen LogP contribution in [0.3, 0.4) is 0 Å². The highest BCUT2D eigenvalue weighted by atomic mass is 16.3. The third kappa shape index (κ3) is 3.11. The van der Waals surface area contributed by atoms with E-state index in [0.717, 1.165) is 24.2 Å². The van der Waals surface area contributed by atoms with Crippen LogP contribution >= 0.6 is 0 Å². The fraction of sp³-hybridized carbons (Fsp3) is 0.381. The first-order valence-corrected chi connectivity index (χ1v) is 9.82. The minimum Gasteiger partial charge on any atom is -0.385 e. The van der Waals surface area contributed by atoms with Crippen molar-refractivity contribution in [2.75, 3.05) is 23.3 Å². The summed E-state index contributed by atoms with van der Waals surface area (Å²) in [4.78, 5) is 18.7. The van der Waals surface area contributed by atoms with Gasteiger partial charge in [-0.05, 0) is 43.4 Å². The van der Waals surface area contributed by atoms with Crippen molar-refractivity contribution in [1.82, 2.24) is 14.6 Å². The topological polar surface area (TPSA) is 82.8 Å². The molecule has 28 heavy (non-hydrogen) atoms. The van der Waals surface area contributed by atoms with E-state index < -0.39 is 5.60 Å². The van der Waals surface area contributed by atoms with Crippen LogP contribution in [-0.2, 0) is 10.4 Å². The Bertz CT molecular complexity index is 1000. The third-order valence-electron chi connectivity index (χ3n) is 5.75. The second-order valence-corrected chi connectivity index (χ2v) is 7.74. The maximum absolute atomic E-state index is 12.0. The molecule has 1 aliphatic carbocycles. The van der Waals surface area contributed by atoms with Gasteiger partial charge in [0.2, 0.25) is 11.9 Å². The molecule has 3 heterocycles. The summed E-state index contributed by atoms with van der Waals surface area (Å²) in [6.07, 6.45) is 3.19. The number of anilines is 2. The summed E-state index contributed by atoms with van der Waals surface area (Å²) >= 11 is 0. The van der Waals surface area contributed by atoms with E-state index in [1.54, 1.807) is 4.52 Å². The largest absolute Gasteiger partial charge is 0.385 e. The van der Waals surface area contributed by atoms with Crippen LogP contribution in [0.1, 0.15) is 31.2 Å². The highest BCUT2D eigenvalue weighted by molar-refractivity contribution is 5.92. The number of amides is 1. The fourth-order valence-corrected chi connectivity index (χ4v) is 3.88. The molecule has 0 bridgehead atoms. The standard InChI is InChI=1S/C21H23N5O2/c27-19(15-9-10-15)23-20-22-17-7-4-8-18(26(17)24-20)25-13-11-21(28,12-14-25)16-5-2-1-3-6-16/h1-8,15,28H,9-14H2,(H,23,24,27). The predicted molar refractivity (Wildman–Crippen MR) is 106 cm³/mol. The fourth-order valence-electron chi connectivity index (χ4n) is 3.88. The van der Waals surface area contributed by atoms with Gasteiger partial charge < -0.3 is 10.0 Å². The van der Waals surface area contributed by atoms with Crippen LogP contribution in [0.25, 0.3) is 5.65 Å². The summed E-state index contributed by atoms with van der Waals surface area (Å²) in [5.41, 5.74) is 0.878. The lowest BCUT2D eigenvalue weighted by atomic mass is 9.84. The number of benzene rings is 1. The van der Waals surface area contributed by atoms with Crippen molar-refractivity contribution in [2.24, 2.45) is 5.92 Å². The average molecular weight is 377 g/mol. The lowest BCUT2D eigenvalue weighted by molar-refractivity contribution is -0.117. The number of aromatic nitrogens is 3. The maximum Gasteiger partial charge on any atom is 0.249 e. The van der Waals surface area contributed by atoms with Crippen molar-refractivity contribution in [1.29, 1.82) is 0 Å². The summed E-state index contributed by atoms with van der Waals surface area (Å²) in [6.45, 7) is 1.43. The molecule has 1 saturated carbocycles. The SMILES string of the molecule is O=C(Nc1nc2cccc(N3CCC(O)(c4ccccc4)CC3)n2n1)C1CC1. The molecule has 0 atom stereocenters. The molecule has 144 valence electrons. The van der Waals surface area contributed by atoms with Crippen molar-refractivity contribution in [3.63, 3.8) is 0 Å². The van der Waals surface area contributed by atoms with Crippen molar-refractivity contribution < 1.29 is 9.90 Å².